The van der Waals surface area contributed by atoms with Crippen molar-refractivity contribution in [3.63, 3.8) is 0 Å². The van der Waals surface area contributed by atoms with E-state index in [9.17, 15) is 4.79 Å². The summed E-state index contributed by atoms with van der Waals surface area (Å²) in [5.74, 6) is 0.126. The van der Waals surface area contributed by atoms with E-state index in [4.69, 9.17) is 0 Å². The summed E-state index contributed by atoms with van der Waals surface area (Å²) >= 11 is 0. The molecule has 0 spiro atoms. The Bertz CT molecular complexity index is 563. The van der Waals surface area contributed by atoms with E-state index in [1.54, 1.807) is 0 Å². The van der Waals surface area contributed by atoms with Crippen LogP contribution >= 0.6 is 0 Å². The molecule has 0 aliphatic rings. The molecule has 0 fully saturated rings. The Kier molecular flexibility index (Phi) is 4.94. The smallest absolute Gasteiger partial charge is 0.254 e. The second-order valence-corrected chi connectivity index (χ2v) is 4.94. The lowest BCUT2D eigenvalue weighted by Crippen LogP contribution is -2.33. The highest BCUT2D eigenvalue weighted by molar-refractivity contribution is 5.95. The van der Waals surface area contributed by atoms with Crippen LogP contribution in [0.1, 0.15) is 28.4 Å². The normalized spacial score (nSPS) is 10.3. The molecule has 2 rings (SSSR count). The molecule has 104 valence electrons. The number of carbonyl (C=O) groups excluding carboxylic acids is 1. The van der Waals surface area contributed by atoms with E-state index in [0.717, 1.165) is 30.6 Å². The van der Waals surface area contributed by atoms with Crippen molar-refractivity contribution >= 4 is 5.91 Å². The number of benzene rings is 2. The molecular formula is C18H21NO. The van der Waals surface area contributed by atoms with Gasteiger partial charge in [0.15, 0.2) is 0 Å². The van der Waals surface area contributed by atoms with Gasteiger partial charge in [-0.1, -0.05) is 48.5 Å². The Morgan fingerprint density at radius 1 is 1.00 bits per heavy atom. The van der Waals surface area contributed by atoms with E-state index in [2.05, 4.69) is 12.1 Å². The van der Waals surface area contributed by atoms with Gasteiger partial charge in [-0.05, 0) is 37.5 Å². The van der Waals surface area contributed by atoms with Crippen molar-refractivity contribution in [1.29, 1.82) is 0 Å². The summed E-state index contributed by atoms with van der Waals surface area (Å²) in [7, 11) is 0. The highest BCUT2D eigenvalue weighted by atomic mass is 16.2. The molecule has 0 N–H and O–H groups in total. The molecule has 0 saturated heterocycles. The maximum absolute atomic E-state index is 12.5. The van der Waals surface area contributed by atoms with Crippen LogP contribution < -0.4 is 0 Å². The molecule has 2 heteroatoms. The third-order valence-electron chi connectivity index (χ3n) is 3.56. The maximum Gasteiger partial charge on any atom is 0.254 e. The van der Waals surface area contributed by atoms with Gasteiger partial charge in [-0.2, -0.15) is 0 Å². The molecule has 2 nitrogen and oxygen atoms in total. The van der Waals surface area contributed by atoms with Gasteiger partial charge in [-0.25, -0.2) is 0 Å². The third-order valence-corrected chi connectivity index (χ3v) is 3.56. The van der Waals surface area contributed by atoms with E-state index >= 15 is 0 Å². The molecule has 0 unspecified atom stereocenters. The molecular weight excluding hydrogens is 246 g/mol. The van der Waals surface area contributed by atoms with Crippen LogP contribution in [-0.2, 0) is 6.42 Å². The van der Waals surface area contributed by atoms with Gasteiger partial charge < -0.3 is 4.90 Å². The van der Waals surface area contributed by atoms with Crippen molar-refractivity contribution < 1.29 is 4.79 Å². The van der Waals surface area contributed by atoms with Crippen LogP contribution in [0.2, 0.25) is 0 Å². The highest BCUT2D eigenvalue weighted by Gasteiger charge is 2.15. The first-order chi connectivity index (χ1) is 9.72. The topological polar surface area (TPSA) is 20.3 Å². The molecule has 0 aromatic heterocycles. The molecule has 0 atom stereocenters. The van der Waals surface area contributed by atoms with E-state index in [0.29, 0.717) is 0 Å². The molecule has 0 aliphatic heterocycles. The number of hydrogen-bond acceptors (Lipinski definition) is 1. The first-order valence-electron chi connectivity index (χ1n) is 7.11. The monoisotopic (exact) mass is 267 g/mol. The second kappa shape index (κ2) is 6.90. The Labute approximate surface area is 121 Å². The van der Waals surface area contributed by atoms with Crippen LogP contribution in [0.3, 0.4) is 0 Å². The minimum absolute atomic E-state index is 0.126. The number of aryl methyl sites for hydroxylation is 1. The van der Waals surface area contributed by atoms with Gasteiger partial charge >= 0.3 is 0 Å². The third kappa shape index (κ3) is 3.47. The Morgan fingerprint density at radius 2 is 1.65 bits per heavy atom. The number of amides is 1. The standard InChI is InChI=1S/C18H21NO/c1-3-19(14-13-16-10-5-4-6-11-16)18(20)17-12-8-7-9-15(17)2/h4-12H,3,13-14H2,1-2H3. The molecule has 0 saturated carbocycles. The molecule has 20 heavy (non-hydrogen) atoms. The van der Waals surface area contributed by atoms with Gasteiger partial charge in [0, 0.05) is 18.7 Å². The Morgan fingerprint density at radius 3 is 2.30 bits per heavy atom. The molecule has 1 amide bonds. The fourth-order valence-corrected chi connectivity index (χ4v) is 2.30. The van der Waals surface area contributed by atoms with Gasteiger partial charge in [0.1, 0.15) is 0 Å². The van der Waals surface area contributed by atoms with Crippen LogP contribution in [0, 0.1) is 6.92 Å². The van der Waals surface area contributed by atoms with Crippen LogP contribution in [0.15, 0.2) is 54.6 Å². The summed E-state index contributed by atoms with van der Waals surface area (Å²) in [6, 6.07) is 18.1. The minimum atomic E-state index is 0.126. The quantitative estimate of drug-likeness (QED) is 0.809. The van der Waals surface area contributed by atoms with Crippen molar-refractivity contribution in [2.75, 3.05) is 13.1 Å². The molecule has 0 aliphatic carbocycles. The minimum Gasteiger partial charge on any atom is -0.339 e. The molecule has 0 bridgehead atoms. The number of hydrogen-bond donors (Lipinski definition) is 0. The molecule has 0 radical (unpaired) electrons. The summed E-state index contributed by atoms with van der Waals surface area (Å²) in [5, 5.41) is 0. The summed E-state index contributed by atoms with van der Waals surface area (Å²) in [6.07, 6.45) is 0.895. The summed E-state index contributed by atoms with van der Waals surface area (Å²) in [6.45, 7) is 5.51. The van der Waals surface area contributed by atoms with Gasteiger partial charge in [-0.3, -0.25) is 4.79 Å². The zero-order chi connectivity index (χ0) is 14.4. The lowest BCUT2D eigenvalue weighted by Gasteiger charge is -2.22. The first-order valence-corrected chi connectivity index (χ1v) is 7.11. The summed E-state index contributed by atoms with van der Waals surface area (Å²) < 4.78 is 0. The fraction of sp³-hybridized carbons (Fsp3) is 0.278. The highest BCUT2D eigenvalue weighted by Crippen LogP contribution is 2.11. The average molecular weight is 267 g/mol. The zero-order valence-electron chi connectivity index (χ0n) is 12.2. The lowest BCUT2D eigenvalue weighted by molar-refractivity contribution is 0.0765. The second-order valence-electron chi connectivity index (χ2n) is 4.94. The van der Waals surface area contributed by atoms with E-state index in [-0.39, 0.29) is 5.91 Å². The first kappa shape index (κ1) is 14.3. The number of rotatable bonds is 5. The van der Waals surface area contributed by atoms with E-state index in [1.165, 1.54) is 5.56 Å². The largest absolute Gasteiger partial charge is 0.339 e. The number of carbonyl (C=O) groups is 1. The average Bonchev–Trinajstić information content (AvgIpc) is 2.49. The van der Waals surface area contributed by atoms with Crippen LogP contribution in [0.25, 0.3) is 0 Å². The molecule has 2 aromatic carbocycles. The molecule has 2 aromatic rings. The van der Waals surface area contributed by atoms with Crippen molar-refractivity contribution in [1.82, 2.24) is 4.90 Å². The summed E-state index contributed by atoms with van der Waals surface area (Å²) in [5.41, 5.74) is 3.11. The number of likely N-dealkylation sites (N-methyl/N-ethyl adjacent to an activating group) is 1. The van der Waals surface area contributed by atoms with Crippen molar-refractivity contribution in [3.8, 4) is 0 Å². The Balaban J connectivity index is 2.05. The predicted octanol–water partition coefficient (Wildman–Crippen LogP) is 3.70. The van der Waals surface area contributed by atoms with Crippen molar-refractivity contribution in [3.05, 3.63) is 71.3 Å². The number of nitrogens with zero attached hydrogens (tertiary/aromatic N) is 1. The van der Waals surface area contributed by atoms with Gasteiger partial charge in [0.2, 0.25) is 0 Å². The van der Waals surface area contributed by atoms with Gasteiger partial charge in [0.25, 0.3) is 5.91 Å². The van der Waals surface area contributed by atoms with Gasteiger partial charge in [0.05, 0.1) is 0 Å². The van der Waals surface area contributed by atoms with Gasteiger partial charge in [-0.15, -0.1) is 0 Å². The van der Waals surface area contributed by atoms with Crippen molar-refractivity contribution in [2.45, 2.75) is 20.3 Å². The van der Waals surface area contributed by atoms with E-state index < -0.39 is 0 Å². The van der Waals surface area contributed by atoms with E-state index in [1.807, 2.05) is 61.2 Å². The van der Waals surface area contributed by atoms with Crippen LogP contribution in [0.5, 0.6) is 0 Å². The predicted molar refractivity (Wildman–Crippen MR) is 82.9 cm³/mol. The van der Waals surface area contributed by atoms with Crippen LogP contribution in [0.4, 0.5) is 0 Å². The van der Waals surface area contributed by atoms with Crippen LogP contribution in [-0.4, -0.2) is 23.9 Å². The van der Waals surface area contributed by atoms with Crippen molar-refractivity contribution in [2.24, 2.45) is 0 Å². The Hall–Kier alpha value is -2.09. The molecule has 0 heterocycles. The SMILES string of the molecule is CCN(CCc1ccccc1)C(=O)c1ccccc1C. The fourth-order valence-electron chi connectivity index (χ4n) is 2.30. The zero-order valence-corrected chi connectivity index (χ0v) is 12.2. The lowest BCUT2D eigenvalue weighted by atomic mass is 10.1. The summed E-state index contributed by atoms with van der Waals surface area (Å²) in [4.78, 5) is 14.5. The maximum atomic E-state index is 12.5.